The van der Waals surface area contributed by atoms with E-state index in [9.17, 15) is 18.0 Å². The molecule has 0 amide bonds. The molecule has 0 aliphatic heterocycles. The van der Waals surface area contributed by atoms with Gasteiger partial charge in [-0.1, -0.05) is 30.3 Å². The largest absolute Gasteiger partial charge is 0.417 e. The minimum Gasteiger partial charge on any atom is -0.289 e. The molecule has 0 atom stereocenters. The van der Waals surface area contributed by atoms with Gasteiger partial charge in [-0.25, -0.2) is 0 Å². The SMILES string of the molecule is O=C(c1cccc(I)c1)c1ccccc1C(F)(F)F. The fourth-order valence-electron chi connectivity index (χ4n) is 1.71. The van der Waals surface area contributed by atoms with Gasteiger partial charge in [-0.2, -0.15) is 13.2 Å². The van der Waals surface area contributed by atoms with Gasteiger partial charge in [-0.15, -0.1) is 0 Å². The highest BCUT2D eigenvalue weighted by molar-refractivity contribution is 14.1. The Morgan fingerprint density at radius 1 is 1.00 bits per heavy atom. The van der Waals surface area contributed by atoms with Gasteiger partial charge >= 0.3 is 6.18 Å². The van der Waals surface area contributed by atoms with Crippen molar-refractivity contribution in [2.75, 3.05) is 0 Å². The lowest BCUT2D eigenvalue weighted by molar-refractivity contribution is -0.137. The van der Waals surface area contributed by atoms with Gasteiger partial charge in [-0.3, -0.25) is 4.79 Å². The van der Waals surface area contributed by atoms with Crippen molar-refractivity contribution in [2.24, 2.45) is 0 Å². The van der Waals surface area contributed by atoms with E-state index in [4.69, 9.17) is 0 Å². The number of rotatable bonds is 2. The highest BCUT2D eigenvalue weighted by atomic mass is 127. The standard InChI is InChI=1S/C14H8F3IO/c15-14(16,17)12-7-2-1-6-11(12)13(19)9-4-3-5-10(18)8-9/h1-8H. The number of ketones is 1. The Morgan fingerprint density at radius 3 is 2.32 bits per heavy atom. The quantitative estimate of drug-likeness (QED) is 0.556. The minimum absolute atomic E-state index is 0.253. The molecule has 0 unspecified atom stereocenters. The molecule has 2 aromatic rings. The normalized spacial score (nSPS) is 11.4. The molecule has 1 nitrogen and oxygen atoms in total. The maximum Gasteiger partial charge on any atom is 0.417 e. The second-order valence-corrected chi connectivity index (χ2v) is 5.13. The van der Waals surface area contributed by atoms with Gasteiger partial charge in [0.25, 0.3) is 0 Å². The summed E-state index contributed by atoms with van der Waals surface area (Å²) in [4.78, 5) is 12.2. The summed E-state index contributed by atoms with van der Waals surface area (Å²) in [6, 6.07) is 11.3. The van der Waals surface area contributed by atoms with Gasteiger partial charge in [0.1, 0.15) is 0 Å². The van der Waals surface area contributed by atoms with Crippen molar-refractivity contribution in [3.05, 3.63) is 68.8 Å². The molecule has 0 heterocycles. The summed E-state index contributed by atoms with van der Waals surface area (Å²) in [5.74, 6) is -0.619. The lowest BCUT2D eigenvalue weighted by Gasteiger charge is -2.11. The third-order valence-electron chi connectivity index (χ3n) is 2.56. The van der Waals surface area contributed by atoms with Crippen molar-refractivity contribution in [1.29, 1.82) is 0 Å². The number of alkyl halides is 3. The van der Waals surface area contributed by atoms with Crippen LogP contribution in [-0.4, -0.2) is 5.78 Å². The lowest BCUT2D eigenvalue weighted by atomic mass is 9.98. The molecule has 19 heavy (non-hydrogen) atoms. The number of carbonyl (C=O) groups is 1. The van der Waals surface area contributed by atoms with Gasteiger partial charge in [0.05, 0.1) is 5.56 Å². The van der Waals surface area contributed by atoms with Crippen LogP contribution >= 0.6 is 22.6 Å². The number of hydrogen-bond donors (Lipinski definition) is 0. The summed E-state index contributed by atoms with van der Waals surface area (Å²) in [7, 11) is 0. The molecule has 98 valence electrons. The van der Waals surface area contributed by atoms with E-state index >= 15 is 0 Å². The average Bonchev–Trinajstić information content (AvgIpc) is 2.37. The number of halogens is 4. The topological polar surface area (TPSA) is 17.1 Å². The second kappa shape index (κ2) is 5.32. The Morgan fingerprint density at radius 2 is 1.68 bits per heavy atom. The smallest absolute Gasteiger partial charge is 0.289 e. The second-order valence-electron chi connectivity index (χ2n) is 3.88. The third kappa shape index (κ3) is 3.15. The fraction of sp³-hybridized carbons (Fsp3) is 0.0714. The Labute approximate surface area is 121 Å². The summed E-state index contributed by atoms with van der Waals surface area (Å²) in [5, 5.41) is 0. The third-order valence-corrected chi connectivity index (χ3v) is 3.23. The summed E-state index contributed by atoms with van der Waals surface area (Å²) < 4.78 is 39.3. The minimum atomic E-state index is -4.53. The van der Waals surface area contributed by atoms with E-state index in [0.29, 0.717) is 0 Å². The highest BCUT2D eigenvalue weighted by Crippen LogP contribution is 2.32. The molecule has 0 radical (unpaired) electrons. The molecule has 0 aliphatic rings. The molecule has 0 saturated heterocycles. The maximum absolute atomic E-state index is 12.9. The van der Waals surface area contributed by atoms with Crippen molar-refractivity contribution in [2.45, 2.75) is 6.18 Å². The fourth-order valence-corrected chi connectivity index (χ4v) is 2.26. The first-order valence-electron chi connectivity index (χ1n) is 5.36. The molecule has 0 fully saturated rings. The number of benzene rings is 2. The van der Waals surface area contributed by atoms with E-state index in [-0.39, 0.29) is 11.1 Å². The van der Waals surface area contributed by atoms with Crippen LogP contribution in [0.4, 0.5) is 13.2 Å². The van der Waals surface area contributed by atoms with Gasteiger partial charge in [0.2, 0.25) is 0 Å². The van der Waals surface area contributed by atoms with Crippen LogP contribution in [0.5, 0.6) is 0 Å². The molecule has 2 aromatic carbocycles. The van der Waals surface area contributed by atoms with E-state index in [1.165, 1.54) is 24.3 Å². The zero-order valence-corrected chi connectivity index (χ0v) is 11.7. The molecule has 0 aromatic heterocycles. The van der Waals surface area contributed by atoms with Crippen LogP contribution in [0, 0.1) is 3.57 Å². The Balaban J connectivity index is 2.51. The molecular formula is C14H8F3IO. The maximum atomic E-state index is 12.9. The van der Waals surface area contributed by atoms with Crippen LogP contribution in [0.15, 0.2) is 48.5 Å². The highest BCUT2D eigenvalue weighted by Gasteiger charge is 2.34. The van der Waals surface area contributed by atoms with E-state index in [1.54, 1.807) is 18.2 Å². The first-order valence-corrected chi connectivity index (χ1v) is 6.44. The monoisotopic (exact) mass is 376 g/mol. The summed E-state index contributed by atoms with van der Waals surface area (Å²) in [6.45, 7) is 0. The zero-order chi connectivity index (χ0) is 14.0. The number of hydrogen-bond acceptors (Lipinski definition) is 1. The predicted molar refractivity (Wildman–Crippen MR) is 74.0 cm³/mol. The van der Waals surface area contributed by atoms with Crippen molar-refractivity contribution >= 4 is 28.4 Å². The van der Waals surface area contributed by atoms with Crippen molar-refractivity contribution in [3.8, 4) is 0 Å². The lowest BCUT2D eigenvalue weighted by Crippen LogP contribution is -2.13. The van der Waals surface area contributed by atoms with Crippen molar-refractivity contribution < 1.29 is 18.0 Å². The molecule has 2 rings (SSSR count). The Kier molecular flexibility index (Phi) is 3.93. The Bertz CT molecular complexity index is 620. The van der Waals surface area contributed by atoms with Gasteiger partial charge in [0.15, 0.2) is 5.78 Å². The number of carbonyl (C=O) groups excluding carboxylic acids is 1. The molecule has 5 heteroatoms. The Hall–Kier alpha value is -1.37. The van der Waals surface area contributed by atoms with Crippen LogP contribution in [0.2, 0.25) is 0 Å². The summed E-state index contributed by atoms with van der Waals surface area (Å²) >= 11 is 2.01. The average molecular weight is 376 g/mol. The molecule has 0 saturated carbocycles. The molecule has 0 N–H and O–H groups in total. The molecule has 0 spiro atoms. The predicted octanol–water partition coefficient (Wildman–Crippen LogP) is 4.54. The summed E-state index contributed by atoms with van der Waals surface area (Å²) in [6.07, 6.45) is -4.53. The van der Waals surface area contributed by atoms with Crippen LogP contribution in [0.25, 0.3) is 0 Å². The van der Waals surface area contributed by atoms with Crippen LogP contribution in [-0.2, 0) is 6.18 Å². The van der Waals surface area contributed by atoms with Gasteiger partial charge in [-0.05, 0) is 40.8 Å². The first kappa shape index (κ1) is 14.0. The molecule has 0 aliphatic carbocycles. The van der Waals surface area contributed by atoms with Crippen LogP contribution < -0.4 is 0 Å². The summed E-state index contributed by atoms with van der Waals surface area (Å²) in [5.41, 5.74) is -0.973. The first-order chi connectivity index (χ1) is 8.89. The van der Waals surface area contributed by atoms with E-state index in [2.05, 4.69) is 0 Å². The van der Waals surface area contributed by atoms with Crippen molar-refractivity contribution in [1.82, 2.24) is 0 Å². The van der Waals surface area contributed by atoms with Crippen LogP contribution in [0.1, 0.15) is 21.5 Å². The van der Waals surface area contributed by atoms with Gasteiger partial charge < -0.3 is 0 Å². The molecular weight excluding hydrogens is 368 g/mol. The van der Waals surface area contributed by atoms with Crippen molar-refractivity contribution in [3.63, 3.8) is 0 Å². The van der Waals surface area contributed by atoms with Crippen LogP contribution in [0.3, 0.4) is 0 Å². The van der Waals surface area contributed by atoms with E-state index in [0.717, 1.165) is 9.64 Å². The zero-order valence-electron chi connectivity index (χ0n) is 9.54. The molecule has 0 bridgehead atoms. The van der Waals surface area contributed by atoms with E-state index < -0.39 is 17.5 Å². The van der Waals surface area contributed by atoms with Gasteiger partial charge in [0, 0.05) is 14.7 Å². The van der Waals surface area contributed by atoms with E-state index in [1.807, 2.05) is 22.6 Å².